The summed E-state index contributed by atoms with van der Waals surface area (Å²) in [5, 5.41) is 14.8. The van der Waals surface area contributed by atoms with Gasteiger partial charge in [-0.25, -0.2) is 4.99 Å². The maximum Gasteiger partial charge on any atom is 0.159 e. The van der Waals surface area contributed by atoms with Gasteiger partial charge in [-0.15, -0.1) is 11.3 Å². The molecule has 0 spiro atoms. The Hall–Kier alpha value is -6.99. The first-order chi connectivity index (χ1) is 28.2. The van der Waals surface area contributed by atoms with Crippen molar-refractivity contribution in [1.82, 2.24) is 15.2 Å². The van der Waals surface area contributed by atoms with E-state index in [0.29, 0.717) is 0 Å². The summed E-state index contributed by atoms with van der Waals surface area (Å²) in [5.41, 5.74) is 10.9. The Labute approximate surface area is 332 Å². The summed E-state index contributed by atoms with van der Waals surface area (Å²) in [6, 6.07) is 64.8. The molecule has 0 amide bonds. The number of fused-ring (bicyclic) bond motifs is 9. The third-order valence-corrected chi connectivity index (χ3v) is 12.6. The number of rotatable bonds is 5. The predicted octanol–water partition coefficient (Wildman–Crippen LogP) is 13.1. The van der Waals surface area contributed by atoms with Crippen LogP contribution in [0.15, 0.2) is 191 Å². The first-order valence-corrected chi connectivity index (χ1v) is 20.2. The number of aliphatic imine (C=N–C) groups is 1. The minimum Gasteiger partial charge on any atom is -0.454 e. The highest BCUT2D eigenvalue weighted by atomic mass is 32.1. The SMILES string of the molecule is c1ccc(C2=NC(c3ccccc3)NC(c3cccc4sc5cc(-c6ccc7c(c6)oc6c(-n8c9ccccc9c9ccccc98)cccc67)ccc5c34)N2)cc1. The van der Waals surface area contributed by atoms with Gasteiger partial charge in [-0.2, -0.15) is 0 Å². The number of thiophene rings is 1. The molecule has 0 saturated carbocycles. The first kappa shape index (κ1) is 32.3. The number of nitrogens with zero attached hydrogens (tertiary/aromatic N) is 2. The first-order valence-electron chi connectivity index (χ1n) is 19.4. The molecule has 6 heteroatoms. The fourth-order valence-electron chi connectivity index (χ4n) is 8.86. The minimum absolute atomic E-state index is 0.146. The Bertz CT molecular complexity index is 3320. The molecule has 1 aliphatic rings. The van der Waals surface area contributed by atoms with E-state index < -0.39 is 0 Å². The summed E-state index contributed by atoms with van der Waals surface area (Å²) < 4.78 is 11.7. The number of amidine groups is 1. The Balaban J connectivity index is 0.945. The average Bonchev–Trinajstić information content (AvgIpc) is 3.96. The molecule has 270 valence electrons. The van der Waals surface area contributed by atoms with Crippen LogP contribution in [-0.2, 0) is 0 Å². The lowest BCUT2D eigenvalue weighted by molar-refractivity contribution is 0.411. The Morgan fingerprint density at radius 2 is 1.19 bits per heavy atom. The molecule has 11 aromatic rings. The number of aromatic nitrogens is 1. The topological polar surface area (TPSA) is 54.5 Å². The molecule has 2 atom stereocenters. The molecule has 0 aliphatic carbocycles. The Morgan fingerprint density at radius 1 is 0.526 bits per heavy atom. The van der Waals surface area contributed by atoms with Gasteiger partial charge < -0.3 is 14.3 Å². The third-order valence-electron chi connectivity index (χ3n) is 11.5. The molecule has 12 rings (SSSR count). The molecule has 3 aromatic heterocycles. The van der Waals surface area contributed by atoms with E-state index in [-0.39, 0.29) is 12.3 Å². The summed E-state index contributed by atoms with van der Waals surface area (Å²) in [5.74, 6) is 0.884. The largest absolute Gasteiger partial charge is 0.454 e. The molecule has 4 heterocycles. The fraction of sp³-hybridized carbons (Fsp3) is 0.0392. The highest BCUT2D eigenvalue weighted by Gasteiger charge is 2.27. The van der Waals surface area contributed by atoms with Crippen molar-refractivity contribution >= 4 is 81.1 Å². The second kappa shape index (κ2) is 12.8. The van der Waals surface area contributed by atoms with Crippen LogP contribution in [0, 0.1) is 0 Å². The standard InChI is InChI=1S/C51H34N4OS/c1-3-13-31(14-4-1)49-52-50(32-15-5-2-6-16-32)54-51(53-49)40-20-12-24-45-47(40)39-28-26-34(30-46(39)57-45)33-25-27-37-38-19-11-23-43(48(38)56-44(37)29-33)55-41-21-9-7-17-35(41)36-18-8-10-22-42(36)55/h1-30,49,51,53H,(H,52,54). The minimum atomic E-state index is -0.189. The van der Waals surface area contributed by atoms with Crippen LogP contribution in [0.3, 0.4) is 0 Å². The Morgan fingerprint density at radius 3 is 1.98 bits per heavy atom. The van der Waals surface area contributed by atoms with Gasteiger partial charge in [-0.1, -0.05) is 140 Å². The zero-order valence-electron chi connectivity index (χ0n) is 30.7. The Kier molecular flexibility index (Phi) is 7.24. The molecule has 8 aromatic carbocycles. The maximum absolute atomic E-state index is 6.83. The zero-order valence-corrected chi connectivity index (χ0v) is 31.5. The van der Waals surface area contributed by atoms with Crippen LogP contribution < -0.4 is 10.6 Å². The lowest BCUT2D eigenvalue weighted by atomic mass is 9.99. The van der Waals surface area contributed by atoms with Gasteiger partial charge in [0.1, 0.15) is 23.8 Å². The van der Waals surface area contributed by atoms with Crippen molar-refractivity contribution in [3.05, 3.63) is 199 Å². The number of para-hydroxylation sites is 3. The fourth-order valence-corrected chi connectivity index (χ4v) is 10.0. The number of nitrogens with one attached hydrogen (secondary N) is 2. The molecule has 2 N–H and O–H groups in total. The van der Waals surface area contributed by atoms with E-state index in [1.165, 1.54) is 47.5 Å². The van der Waals surface area contributed by atoms with E-state index in [2.05, 4.69) is 191 Å². The summed E-state index contributed by atoms with van der Waals surface area (Å²) in [4.78, 5) is 5.14. The van der Waals surface area contributed by atoms with Gasteiger partial charge in [-0.05, 0) is 64.7 Å². The quantitative estimate of drug-likeness (QED) is 0.184. The molecule has 1 aliphatic heterocycles. The molecular weight excluding hydrogens is 717 g/mol. The predicted molar refractivity (Wildman–Crippen MR) is 238 cm³/mol. The molecule has 0 saturated heterocycles. The van der Waals surface area contributed by atoms with Crippen LogP contribution in [0.4, 0.5) is 0 Å². The van der Waals surface area contributed by atoms with Gasteiger partial charge in [0.05, 0.1) is 16.7 Å². The van der Waals surface area contributed by atoms with Gasteiger partial charge in [-0.3, -0.25) is 5.32 Å². The molecule has 0 radical (unpaired) electrons. The van der Waals surface area contributed by atoms with Crippen molar-refractivity contribution in [2.45, 2.75) is 12.3 Å². The summed E-state index contributed by atoms with van der Waals surface area (Å²) in [6.45, 7) is 0. The van der Waals surface area contributed by atoms with E-state index in [0.717, 1.165) is 55.7 Å². The van der Waals surface area contributed by atoms with Crippen molar-refractivity contribution in [3.63, 3.8) is 0 Å². The van der Waals surface area contributed by atoms with Crippen molar-refractivity contribution < 1.29 is 4.42 Å². The third kappa shape index (κ3) is 5.15. The van der Waals surface area contributed by atoms with Crippen LogP contribution in [0.2, 0.25) is 0 Å². The maximum atomic E-state index is 6.83. The van der Waals surface area contributed by atoms with E-state index in [9.17, 15) is 0 Å². The zero-order chi connectivity index (χ0) is 37.5. The smallest absolute Gasteiger partial charge is 0.159 e. The molecule has 0 fully saturated rings. The van der Waals surface area contributed by atoms with Gasteiger partial charge in [0.2, 0.25) is 0 Å². The highest BCUT2D eigenvalue weighted by molar-refractivity contribution is 7.25. The normalized spacial score (nSPS) is 15.9. The van der Waals surface area contributed by atoms with E-state index in [1.807, 2.05) is 17.4 Å². The van der Waals surface area contributed by atoms with Gasteiger partial charge in [0.15, 0.2) is 5.58 Å². The van der Waals surface area contributed by atoms with E-state index in [1.54, 1.807) is 0 Å². The number of hydrogen-bond donors (Lipinski definition) is 2. The van der Waals surface area contributed by atoms with Crippen molar-refractivity contribution in [2.24, 2.45) is 4.99 Å². The van der Waals surface area contributed by atoms with Gasteiger partial charge in [0.25, 0.3) is 0 Å². The molecule has 57 heavy (non-hydrogen) atoms. The molecule has 2 unspecified atom stereocenters. The molecule has 5 nitrogen and oxygen atoms in total. The van der Waals surface area contributed by atoms with Crippen LogP contribution >= 0.6 is 11.3 Å². The van der Waals surface area contributed by atoms with Crippen molar-refractivity contribution in [3.8, 4) is 16.8 Å². The molecule has 0 bridgehead atoms. The van der Waals surface area contributed by atoms with Crippen LogP contribution in [0.1, 0.15) is 29.0 Å². The second-order valence-corrected chi connectivity index (χ2v) is 15.9. The van der Waals surface area contributed by atoms with Crippen LogP contribution in [0.5, 0.6) is 0 Å². The number of hydrogen-bond acceptors (Lipinski definition) is 5. The van der Waals surface area contributed by atoms with Crippen LogP contribution in [-0.4, -0.2) is 10.4 Å². The average molecular weight is 751 g/mol. The van der Waals surface area contributed by atoms with Gasteiger partial charge >= 0.3 is 0 Å². The highest BCUT2D eigenvalue weighted by Crippen LogP contribution is 2.42. The van der Waals surface area contributed by atoms with Gasteiger partial charge in [0, 0.05) is 47.3 Å². The van der Waals surface area contributed by atoms with Crippen molar-refractivity contribution in [1.29, 1.82) is 0 Å². The van der Waals surface area contributed by atoms with Crippen molar-refractivity contribution in [2.75, 3.05) is 0 Å². The lowest BCUT2D eigenvalue weighted by Crippen LogP contribution is -2.45. The number of benzene rings is 8. The monoisotopic (exact) mass is 750 g/mol. The summed E-state index contributed by atoms with van der Waals surface area (Å²) in [6.07, 6.45) is -0.336. The van der Waals surface area contributed by atoms with Crippen LogP contribution in [0.25, 0.3) is 80.7 Å². The lowest BCUT2D eigenvalue weighted by Gasteiger charge is -2.32. The molecular formula is C51H34N4OS. The summed E-state index contributed by atoms with van der Waals surface area (Å²) >= 11 is 1.84. The summed E-state index contributed by atoms with van der Waals surface area (Å²) in [7, 11) is 0. The van der Waals surface area contributed by atoms with E-state index >= 15 is 0 Å². The number of furan rings is 1. The second-order valence-electron chi connectivity index (χ2n) is 14.8. The van der Waals surface area contributed by atoms with E-state index in [4.69, 9.17) is 9.41 Å².